The summed E-state index contributed by atoms with van der Waals surface area (Å²) in [6.45, 7) is 6.14. The first kappa shape index (κ1) is 17.7. The molecule has 0 saturated carbocycles. The van der Waals surface area contributed by atoms with E-state index in [0.29, 0.717) is 0 Å². The predicted octanol–water partition coefficient (Wildman–Crippen LogP) is 0.577. The quantitative estimate of drug-likeness (QED) is 0.715. The molecule has 0 aliphatic carbocycles. The first-order chi connectivity index (χ1) is 9.53. The smallest absolute Gasteiger partial charge is 0.393 e. The zero-order valence-corrected chi connectivity index (χ0v) is 13.9. The van der Waals surface area contributed by atoms with Crippen LogP contribution in [0.25, 0.3) is 0 Å². The van der Waals surface area contributed by atoms with Crippen molar-refractivity contribution in [1.82, 2.24) is 9.80 Å². The maximum Gasteiger partial charge on any atom is 0.487 e. The Morgan fingerprint density at radius 3 is 1.62 bits per heavy atom. The Bertz CT molecular complexity index is 401. The van der Waals surface area contributed by atoms with Crippen LogP contribution in [-0.2, 0) is 18.9 Å². The van der Waals surface area contributed by atoms with E-state index in [1.165, 1.54) is 9.80 Å². The summed E-state index contributed by atoms with van der Waals surface area (Å²) in [5, 5.41) is 0. The summed E-state index contributed by atoms with van der Waals surface area (Å²) >= 11 is 0. The molecule has 0 radical (unpaired) electrons. The summed E-state index contributed by atoms with van der Waals surface area (Å²) in [7, 11) is 5.82. The van der Waals surface area contributed by atoms with Crippen LogP contribution in [0.1, 0.15) is 20.8 Å². The van der Waals surface area contributed by atoms with Crippen LogP contribution in [0, 0.1) is 5.41 Å². The van der Waals surface area contributed by atoms with Gasteiger partial charge in [0.1, 0.15) is 0 Å². The molecule has 0 N–H and O–H groups in total. The summed E-state index contributed by atoms with van der Waals surface area (Å²) < 4.78 is 11.2. The Balaban J connectivity index is 2.91. The Hall–Kier alpha value is -1.34. The van der Waals surface area contributed by atoms with Crippen molar-refractivity contribution in [2.24, 2.45) is 5.41 Å². The highest BCUT2D eigenvalue weighted by atomic mass is 16.7. The molecule has 0 aromatic heterocycles. The van der Waals surface area contributed by atoms with Crippen LogP contribution < -0.4 is 0 Å². The van der Waals surface area contributed by atoms with Gasteiger partial charge in [-0.25, -0.2) is 0 Å². The van der Waals surface area contributed by atoms with E-state index in [-0.39, 0.29) is 17.2 Å². The molecule has 118 valence electrons. The number of carbonyl (C=O) groups excluding carboxylic acids is 2. The number of hydrogen-bond donors (Lipinski definition) is 0. The average Bonchev–Trinajstić information content (AvgIpc) is 2.77. The highest BCUT2D eigenvalue weighted by molar-refractivity contribution is 6.52. The van der Waals surface area contributed by atoms with Crippen LogP contribution in [0.3, 0.4) is 0 Å². The number of amides is 2. The third-order valence-electron chi connectivity index (χ3n) is 2.96. The van der Waals surface area contributed by atoms with Gasteiger partial charge in [0.15, 0.2) is 12.2 Å². The van der Waals surface area contributed by atoms with E-state index in [0.717, 1.165) is 0 Å². The van der Waals surface area contributed by atoms with Gasteiger partial charge < -0.3 is 19.1 Å². The van der Waals surface area contributed by atoms with Crippen molar-refractivity contribution in [3.63, 3.8) is 0 Å². The summed E-state index contributed by atoms with van der Waals surface area (Å²) in [5.74, 6) is 1.20. The summed E-state index contributed by atoms with van der Waals surface area (Å²) in [5.41, 5.74) is -0.0303. The highest BCUT2D eigenvalue weighted by Gasteiger charge is 2.47. The van der Waals surface area contributed by atoms with Gasteiger partial charge in [-0.15, -0.1) is 0 Å². The standard InChI is InChI=1S/C14H25BN2O4/c1-14(2,3)8-9-15-20-10(12(18)16(4)5)11(21-15)13(19)17(6)7/h8-11H,1-7H3/b9-8+/t10-,11-/m0/s1. The molecular formula is C14H25BN2O4. The van der Waals surface area contributed by atoms with Gasteiger partial charge >= 0.3 is 7.12 Å². The number of nitrogens with zero attached hydrogens (tertiary/aromatic N) is 2. The lowest BCUT2D eigenvalue weighted by molar-refractivity contribution is -0.146. The number of carbonyl (C=O) groups is 2. The van der Waals surface area contributed by atoms with Gasteiger partial charge in [0, 0.05) is 28.2 Å². The molecule has 1 heterocycles. The van der Waals surface area contributed by atoms with Crippen molar-refractivity contribution in [3.8, 4) is 0 Å². The third-order valence-corrected chi connectivity index (χ3v) is 2.96. The fraction of sp³-hybridized carbons (Fsp3) is 0.714. The predicted molar refractivity (Wildman–Crippen MR) is 81.5 cm³/mol. The van der Waals surface area contributed by atoms with Gasteiger partial charge in [-0.2, -0.15) is 0 Å². The molecule has 2 amide bonds. The second-order valence-electron chi connectivity index (χ2n) is 6.67. The summed E-state index contributed by atoms with van der Waals surface area (Å²) in [4.78, 5) is 27.1. The molecule has 1 rings (SSSR count). The van der Waals surface area contributed by atoms with Crippen molar-refractivity contribution in [2.75, 3.05) is 28.2 Å². The fourth-order valence-electron chi connectivity index (χ4n) is 1.81. The Morgan fingerprint density at radius 1 is 0.952 bits per heavy atom. The van der Waals surface area contributed by atoms with Gasteiger partial charge in [0.2, 0.25) is 0 Å². The van der Waals surface area contributed by atoms with E-state index in [1.54, 1.807) is 34.2 Å². The van der Waals surface area contributed by atoms with Crippen LogP contribution in [-0.4, -0.2) is 69.1 Å². The molecule has 7 heteroatoms. The first-order valence-electron chi connectivity index (χ1n) is 6.95. The second-order valence-corrected chi connectivity index (χ2v) is 6.67. The zero-order chi connectivity index (χ0) is 16.4. The average molecular weight is 296 g/mol. The third kappa shape index (κ3) is 4.86. The van der Waals surface area contributed by atoms with Crippen LogP contribution in [0.15, 0.2) is 12.1 Å². The molecule has 0 bridgehead atoms. The number of rotatable bonds is 3. The molecule has 21 heavy (non-hydrogen) atoms. The fourth-order valence-corrected chi connectivity index (χ4v) is 1.81. The molecule has 0 unspecified atom stereocenters. The lowest BCUT2D eigenvalue weighted by atomic mass is 9.84. The van der Waals surface area contributed by atoms with Gasteiger partial charge in [0.25, 0.3) is 11.8 Å². The molecule has 1 aliphatic heterocycles. The van der Waals surface area contributed by atoms with E-state index < -0.39 is 19.3 Å². The van der Waals surface area contributed by atoms with Crippen molar-refractivity contribution in [1.29, 1.82) is 0 Å². The molecule has 1 fully saturated rings. The lowest BCUT2D eigenvalue weighted by Crippen LogP contribution is -2.47. The van der Waals surface area contributed by atoms with Crippen LogP contribution in [0.2, 0.25) is 0 Å². The summed E-state index contributed by atoms with van der Waals surface area (Å²) in [6, 6.07) is 0. The molecule has 0 spiro atoms. The van der Waals surface area contributed by atoms with Gasteiger partial charge in [-0.05, 0) is 5.41 Å². The van der Waals surface area contributed by atoms with E-state index in [9.17, 15) is 9.59 Å². The van der Waals surface area contributed by atoms with Gasteiger partial charge in [-0.3, -0.25) is 9.59 Å². The maximum atomic E-state index is 12.2. The molecule has 0 aromatic rings. The number of likely N-dealkylation sites (N-methyl/N-ethyl adjacent to an activating group) is 2. The van der Waals surface area contributed by atoms with E-state index >= 15 is 0 Å². The van der Waals surface area contributed by atoms with Crippen molar-refractivity contribution in [3.05, 3.63) is 12.1 Å². The van der Waals surface area contributed by atoms with E-state index in [4.69, 9.17) is 9.31 Å². The molecule has 2 atom stereocenters. The highest BCUT2D eigenvalue weighted by Crippen LogP contribution is 2.22. The van der Waals surface area contributed by atoms with Gasteiger partial charge in [-0.1, -0.05) is 32.8 Å². The van der Waals surface area contributed by atoms with Gasteiger partial charge in [0.05, 0.1) is 0 Å². The topological polar surface area (TPSA) is 59.1 Å². The largest absolute Gasteiger partial charge is 0.487 e. The van der Waals surface area contributed by atoms with Crippen LogP contribution >= 0.6 is 0 Å². The normalized spacial score (nSPS) is 22.7. The lowest BCUT2D eigenvalue weighted by Gasteiger charge is -2.22. The first-order valence-corrected chi connectivity index (χ1v) is 6.95. The molecule has 1 aliphatic rings. The maximum absolute atomic E-state index is 12.2. The van der Waals surface area contributed by atoms with E-state index in [1.807, 2.05) is 26.8 Å². The summed E-state index contributed by atoms with van der Waals surface area (Å²) in [6.07, 6.45) is 0.117. The minimum atomic E-state index is -0.912. The van der Waals surface area contributed by atoms with Crippen molar-refractivity contribution >= 4 is 18.9 Å². The monoisotopic (exact) mass is 296 g/mol. The Kier molecular flexibility index (Phi) is 5.58. The van der Waals surface area contributed by atoms with Crippen LogP contribution in [0.4, 0.5) is 0 Å². The second kappa shape index (κ2) is 6.62. The SMILES string of the molecule is CN(C)C(=O)[C@H]1OB(/C=C/C(C)(C)C)O[C@@H]1C(=O)N(C)C. The minimum absolute atomic E-state index is 0.0303. The molecular weight excluding hydrogens is 271 g/mol. The van der Waals surface area contributed by atoms with Crippen LogP contribution in [0.5, 0.6) is 0 Å². The zero-order valence-electron chi connectivity index (χ0n) is 13.9. The molecule has 0 aromatic carbocycles. The Labute approximate surface area is 127 Å². The molecule has 1 saturated heterocycles. The molecule has 6 nitrogen and oxygen atoms in total. The van der Waals surface area contributed by atoms with E-state index in [2.05, 4.69) is 0 Å². The Morgan fingerprint density at radius 2 is 1.33 bits per heavy atom. The number of hydrogen-bond acceptors (Lipinski definition) is 4. The number of allylic oxidation sites excluding steroid dienone is 1. The van der Waals surface area contributed by atoms with Crippen molar-refractivity contribution < 1.29 is 18.9 Å². The minimum Gasteiger partial charge on any atom is -0.393 e. The van der Waals surface area contributed by atoms with Crippen molar-refractivity contribution in [2.45, 2.75) is 33.0 Å².